The molecule has 0 radical (unpaired) electrons. The number of sulfonamides is 1. The monoisotopic (exact) mass is 339 g/mol. The summed E-state index contributed by atoms with van der Waals surface area (Å²) < 4.78 is 25.3. The van der Waals surface area contributed by atoms with Gasteiger partial charge in [0.2, 0.25) is 10.0 Å². The van der Waals surface area contributed by atoms with Crippen molar-refractivity contribution in [1.82, 2.24) is 10.2 Å². The summed E-state index contributed by atoms with van der Waals surface area (Å²) in [5.74, 6) is 0.433. The number of urea groups is 1. The van der Waals surface area contributed by atoms with Crippen LogP contribution in [0.25, 0.3) is 0 Å². The summed E-state index contributed by atoms with van der Waals surface area (Å²) in [6.45, 7) is 5.32. The van der Waals surface area contributed by atoms with Crippen molar-refractivity contribution >= 4 is 21.7 Å². The van der Waals surface area contributed by atoms with Gasteiger partial charge >= 0.3 is 6.03 Å². The third kappa shape index (κ3) is 4.86. The van der Waals surface area contributed by atoms with Crippen LogP contribution in [0.3, 0.4) is 0 Å². The lowest BCUT2D eigenvalue weighted by Gasteiger charge is -2.28. The number of anilines is 1. The highest BCUT2D eigenvalue weighted by molar-refractivity contribution is 7.92. The summed E-state index contributed by atoms with van der Waals surface area (Å²) in [4.78, 5) is 14.3. The molecule has 1 aromatic rings. The first kappa shape index (κ1) is 17.6. The van der Waals surface area contributed by atoms with E-state index in [-0.39, 0.29) is 12.1 Å². The van der Waals surface area contributed by atoms with Gasteiger partial charge < -0.3 is 10.2 Å². The van der Waals surface area contributed by atoms with E-state index >= 15 is 0 Å². The minimum absolute atomic E-state index is 0.0876. The van der Waals surface area contributed by atoms with Gasteiger partial charge in [0.15, 0.2) is 0 Å². The molecule has 1 atom stereocenters. The van der Waals surface area contributed by atoms with Crippen molar-refractivity contribution in [1.29, 1.82) is 0 Å². The Morgan fingerprint density at radius 2 is 2.04 bits per heavy atom. The Balaban J connectivity index is 2.02. The fourth-order valence-corrected chi connectivity index (χ4v) is 3.58. The maximum Gasteiger partial charge on any atom is 0.317 e. The molecule has 1 heterocycles. The van der Waals surface area contributed by atoms with Crippen LogP contribution in [0.15, 0.2) is 24.3 Å². The Labute approximate surface area is 138 Å². The van der Waals surface area contributed by atoms with E-state index in [0.29, 0.717) is 18.2 Å². The van der Waals surface area contributed by atoms with Gasteiger partial charge in [-0.1, -0.05) is 32.0 Å². The van der Waals surface area contributed by atoms with Crippen LogP contribution in [-0.4, -0.2) is 38.2 Å². The molecule has 1 fully saturated rings. The van der Waals surface area contributed by atoms with E-state index in [4.69, 9.17) is 0 Å². The number of para-hydroxylation sites is 1. The minimum Gasteiger partial charge on any atom is -0.334 e. The van der Waals surface area contributed by atoms with Gasteiger partial charge in [0.25, 0.3) is 0 Å². The Kier molecular flexibility index (Phi) is 5.51. The van der Waals surface area contributed by atoms with E-state index in [2.05, 4.69) is 23.9 Å². The maximum absolute atomic E-state index is 12.4. The third-order valence-corrected chi connectivity index (χ3v) is 4.66. The highest BCUT2D eigenvalue weighted by atomic mass is 32.2. The molecule has 23 heavy (non-hydrogen) atoms. The summed E-state index contributed by atoms with van der Waals surface area (Å²) in [7, 11) is -3.35. The summed E-state index contributed by atoms with van der Waals surface area (Å²) in [5.41, 5.74) is 1.24. The lowest BCUT2D eigenvalue weighted by Crippen LogP contribution is -2.44. The maximum atomic E-state index is 12.4. The standard InChI is InChI=1S/C16H25N3O3S/c1-12(2)15-9-6-10-19(15)16(20)17-11-13-7-4-5-8-14(13)18-23(3,21)22/h4-5,7-8,12,15,18H,6,9-11H2,1-3H3,(H,17,20)/t15-/m1/s1. The lowest BCUT2D eigenvalue weighted by molar-refractivity contribution is 0.178. The molecular weight excluding hydrogens is 314 g/mol. The zero-order valence-corrected chi connectivity index (χ0v) is 14.7. The van der Waals surface area contributed by atoms with E-state index in [9.17, 15) is 13.2 Å². The van der Waals surface area contributed by atoms with Crippen LogP contribution < -0.4 is 10.0 Å². The van der Waals surface area contributed by atoms with Crippen molar-refractivity contribution in [3.05, 3.63) is 29.8 Å². The molecule has 1 aliphatic heterocycles. The molecular formula is C16H25N3O3S. The predicted molar refractivity (Wildman–Crippen MR) is 91.7 cm³/mol. The fourth-order valence-electron chi connectivity index (χ4n) is 2.98. The topological polar surface area (TPSA) is 78.5 Å². The van der Waals surface area contributed by atoms with E-state index in [1.165, 1.54) is 0 Å². The molecule has 0 spiro atoms. The number of carbonyl (C=O) groups excluding carboxylic acids is 1. The molecule has 2 rings (SSSR count). The van der Waals surface area contributed by atoms with Crippen LogP contribution in [0.5, 0.6) is 0 Å². The summed E-state index contributed by atoms with van der Waals surface area (Å²) in [6.07, 6.45) is 3.18. The first-order valence-electron chi connectivity index (χ1n) is 7.88. The molecule has 0 unspecified atom stereocenters. The van der Waals surface area contributed by atoms with Crippen molar-refractivity contribution < 1.29 is 13.2 Å². The lowest BCUT2D eigenvalue weighted by atomic mass is 10.0. The number of carbonyl (C=O) groups is 1. The van der Waals surface area contributed by atoms with Gasteiger partial charge in [-0.3, -0.25) is 4.72 Å². The van der Waals surface area contributed by atoms with Crippen LogP contribution in [0.4, 0.5) is 10.5 Å². The number of amides is 2. The fraction of sp³-hybridized carbons (Fsp3) is 0.562. The van der Waals surface area contributed by atoms with E-state index < -0.39 is 10.0 Å². The molecule has 2 N–H and O–H groups in total. The molecule has 0 bridgehead atoms. The number of nitrogens with zero attached hydrogens (tertiary/aromatic N) is 1. The number of hydrogen-bond donors (Lipinski definition) is 2. The van der Waals surface area contributed by atoms with Crippen molar-refractivity contribution in [3.8, 4) is 0 Å². The van der Waals surface area contributed by atoms with Gasteiger partial charge in [-0.05, 0) is 30.4 Å². The van der Waals surface area contributed by atoms with Crippen LogP contribution in [0.1, 0.15) is 32.3 Å². The quantitative estimate of drug-likeness (QED) is 0.864. The van der Waals surface area contributed by atoms with Crippen LogP contribution in [0.2, 0.25) is 0 Å². The van der Waals surface area contributed by atoms with Gasteiger partial charge in [0.05, 0.1) is 11.9 Å². The number of benzene rings is 1. The van der Waals surface area contributed by atoms with Crippen molar-refractivity contribution in [2.75, 3.05) is 17.5 Å². The summed E-state index contributed by atoms with van der Waals surface area (Å²) in [6, 6.07) is 7.26. The smallest absolute Gasteiger partial charge is 0.317 e. The van der Waals surface area contributed by atoms with Crippen molar-refractivity contribution in [2.24, 2.45) is 5.92 Å². The Morgan fingerprint density at radius 3 is 2.70 bits per heavy atom. The molecule has 0 aliphatic carbocycles. The van der Waals surface area contributed by atoms with Gasteiger partial charge in [0, 0.05) is 19.1 Å². The Hall–Kier alpha value is -1.76. The minimum atomic E-state index is -3.35. The summed E-state index contributed by atoms with van der Waals surface area (Å²) in [5, 5.41) is 2.90. The number of nitrogens with one attached hydrogen (secondary N) is 2. The molecule has 128 valence electrons. The second-order valence-electron chi connectivity index (χ2n) is 6.34. The zero-order chi connectivity index (χ0) is 17.0. The second-order valence-corrected chi connectivity index (χ2v) is 8.09. The molecule has 2 amide bonds. The molecule has 1 saturated heterocycles. The number of hydrogen-bond acceptors (Lipinski definition) is 3. The van der Waals surface area contributed by atoms with Crippen molar-refractivity contribution in [2.45, 2.75) is 39.3 Å². The zero-order valence-electron chi connectivity index (χ0n) is 13.9. The number of likely N-dealkylation sites (tertiary alicyclic amines) is 1. The third-order valence-electron chi connectivity index (χ3n) is 4.07. The first-order chi connectivity index (χ1) is 10.8. The molecule has 7 heteroatoms. The van der Waals surface area contributed by atoms with Crippen molar-refractivity contribution in [3.63, 3.8) is 0 Å². The predicted octanol–water partition coefficient (Wildman–Crippen LogP) is 2.39. The van der Waals surface area contributed by atoms with E-state index in [1.54, 1.807) is 18.2 Å². The Bertz CT molecular complexity index is 658. The van der Waals surface area contributed by atoms with E-state index in [1.807, 2.05) is 11.0 Å². The van der Waals surface area contributed by atoms with Gasteiger partial charge in [0.1, 0.15) is 0 Å². The first-order valence-corrected chi connectivity index (χ1v) is 9.77. The SMILES string of the molecule is CC(C)[C@H]1CCCN1C(=O)NCc1ccccc1NS(C)(=O)=O. The number of rotatable bonds is 5. The molecule has 0 saturated carbocycles. The average Bonchev–Trinajstić information content (AvgIpc) is 2.94. The molecule has 0 aromatic heterocycles. The summed E-state index contributed by atoms with van der Waals surface area (Å²) >= 11 is 0. The highest BCUT2D eigenvalue weighted by Crippen LogP contribution is 2.24. The van der Waals surface area contributed by atoms with E-state index in [0.717, 1.165) is 31.2 Å². The van der Waals surface area contributed by atoms with Gasteiger partial charge in [-0.2, -0.15) is 0 Å². The Morgan fingerprint density at radius 1 is 1.35 bits per heavy atom. The molecule has 1 aromatic carbocycles. The largest absolute Gasteiger partial charge is 0.334 e. The van der Waals surface area contributed by atoms with Gasteiger partial charge in [-0.25, -0.2) is 13.2 Å². The van der Waals surface area contributed by atoms with Crippen LogP contribution >= 0.6 is 0 Å². The van der Waals surface area contributed by atoms with Crippen LogP contribution in [0, 0.1) is 5.92 Å². The normalized spacial score (nSPS) is 18.3. The second kappa shape index (κ2) is 7.21. The molecule has 6 nitrogen and oxygen atoms in total. The highest BCUT2D eigenvalue weighted by Gasteiger charge is 2.30. The van der Waals surface area contributed by atoms with Crippen LogP contribution in [-0.2, 0) is 16.6 Å². The molecule has 1 aliphatic rings. The van der Waals surface area contributed by atoms with Gasteiger partial charge in [-0.15, -0.1) is 0 Å². The average molecular weight is 339 g/mol.